The predicted octanol–water partition coefficient (Wildman–Crippen LogP) is 4.02. The molecular formula is C22H20Cl2N4O4. The van der Waals surface area contributed by atoms with Gasteiger partial charge in [0.15, 0.2) is 0 Å². The third-order valence-corrected chi connectivity index (χ3v) is 6.12. The fraction of sp³-hybridized carbons (Fsp3) is 0.227. The Kier molecular flexibility index (Phi) is 6.25. The van der Waals surface area contributed by atoms with E-state index in [-0.39, 0.29) is 19.5 Å². The second-order valence-corrected chi connectivity index (χ2v) is 8.28. The molecule has 2 aromatic carbocycles. The van der Waals surface area contributed by atoms with Gasteiger partial charge in [-0.15, -0.1) is 0 Å². The molecule has 0 fully saturated rings. The number of urea groups is 1. The van der Waals surface area contributed by atoms with Crippen LogP contribution in [0.2, 0.25) is 10.0 Å². The first-order chi connectivity index (χ1) is 15.3. The highest BCUT2D eigenvalue weighted by molar-refractivity contribution is 6.42. The van der Waals surface area contributed by atoms with Crippen LogP contribution >= 0.6 is 23.2 Å². The van der Waals surface area contributed by atoms with Gasteiger partial charge in [0.25, 0.3) is 0 Å². The highest BCUT2D eigenvalue weighted by Crippen LogP contribution is 2.31. The van der Waals surface area contributed by atoms with Crippen LogP contribution in [-0.2, 0) is 22.6 Å². The van der Waals surface area contributed by atoms with E-state index in [1.807, 2.05) is 24.3 Å². The molecule has 1 aliphatic heterocycles. The monoisotopic (exact) mass is 474 g/mol. The zero-order valence-electron chi connectivity index (χ0n) is 16.8. The summed E-state index contributed by atoms with van der Waals surface area (Å²) >= 11 is 12.0. The number of para-hydroxylation sites is 1. The number of fused-ring (bicyclic) bond motifs is 3. The summed E-state index contributed by atoms with van der Waals surface area (Å²) in [6.45, 7) is 0.168. The number of aromatic amines is 1. The van der Waals surface area contributed by atoms with Crippen LogP contribution in [0, 0.1) is 0 Å². The maximum atomic E-state index is 13.1. The van der Waals surface area contributed by atoms with Crippen LogP contribution in [0.3, 0.4) is 0 Å². The normalized spacial score (nSPS) is 15.3. The third kappa shape index (κ3) is 4.51. The van der Waals surface area contributed by atoms with E-state index in [0.717, 1.165) is 22.2 Å². The van der Waals surface area contributed by atoms with Crippen LogP contribution in [-0.4, -0.2) is 45.5 Å². The van der Waals surface area contributed by atoms with Crippen molar-refractivity contribution < 1.29 is 19.5 Å². The van der Waals surface area contributed by atoms with E-state index in [0.29, 0.717) is 22.2 Å². The number of carboxylic acids is 1. The number of aliphatic carboxylic acids is 1. The summed E-state index contributed by atoms with van der Waals surface area (Å²) in [7, 11) is 0. The minimum absolute atomic E-state index is 0.0202. The van der Waals surface area contributed by atoms with Crippen molar-refractivity contribution in [3.63, 3.8) is 0 Å². The van der Waals surface area contributed by atoms with Gasteiger partial charge in [-0.1, -0.05) is 41.4 Å². The van der Waals surface area contributed by atoms with E-state index in [4.69, 9.17) is 28.3 Å². The van der Waals surface area contributed by atoms with E-state index in [9.17, 15) is 14.4 Å². The second-order valence-electron chi connectivity index (χ2n) is 7.47. The molecule has 3 aromatic rings. The van der Waals surface area contributed by atoms with Crippen LogP contribution < -0.4 is 10.6 Å². The van der Waals surface area contributed by atoms with Crippen molar-refractivity contribution in [2.24, 2.45) is 0 Å². The number of nitrogens with one attached hydrogen (secondary N) is 3. The highest BCUT2D eigenvalue weighted by Gasteiger charge is 2.36. The number of benzene rings is 2. The van der Waals surface area contributed by atoms with Gasteiger partial charge in [-0.3, -0.25) is 9.59 Å². The Morgan fingerprint density at radius 2 is 1.91 bits per heavy atom. The number of aromatic nitrogens is 1. The number of carbonyl (C=O) groups is 3. The summed E-state index contributed by atoms with van der Waals surface area (Å²) in [5.74, 6) is -1.42. The first-order valence-corrected chi connectivity index (χ1v) is 10.7. The van der Waals surface area contributed by atoms with Gasteiger partial charge in [0.1, 0.15) is 6.04 Å². The number of hydrogen-bond acceptors (Lipinski definition) is 3. The zero-order chi connectivity index (χ0) is 22.8. The molecule has 0 unspecified atom stereocenters. The predicted molar refractivity (Wildman–Crippen MR) is 122 cm³/mol. The third-order valence-electron chi connectivity index (χ3n) is 5.38. The summed E-state index contributed by atoms with van der Waals surface area (Å²) < 4.78 is 0. The maximum absolute atomic E-state index is 13.1. The molecule has 8 nitrogen and oxygen atoms in total. The molecule has 4 rings (SSSR count). The number of carbonyl (C=O) groups excluding carboxylic acids is 2. The van der Waals surface area contributed by atoms with Gasteiger partial charge in [-0.05, 0) is 29.8 Å². The number of rotatable bonds is 5. The molecule has 0 spiro atoms. The average Bonchev–Trinajstić information content (AvgIpc) is 3.12. The molecule has 1 atom stereocenters. The second kappa shape index (κ2) is 9.10. The van der Waals surface area contributed by atoms with Crippen molar-refractivity contribution in [1.82, 2.24) is 15.2 Å². The van der Waals surface area contributed by atoms with E-state index in [1.165, 1.54) is 11.0 Å². The molecule has 3 amide bonds. The quantitative estimate of drug-likeness (QED) is 0.446. The number of H-pyrrole nitrogens is 1. The van der Waals surface area contributed by atoms with Crippen LogP contribution in [0.25, 0.3) is 10.9 Å². The Balaban J connectivity index is 1.61. The van der Waals surface area contributed by atoms with Gasteiger partial charge in [-0.25, -0.2) is 4.79 Å². The molecule has 0 saturated heterocycles. The summed E-state index contributed by atoms with van der Waals surface area (Å²) in [6.07, 6.45) is 0.0965. The van der Waals surface area contributed by atoms with Crippen LogP contribution in [0.1, 0.15) is 17.7 Å². The van der Waals surface area contributed by atoms with E-state index in [1.54, 1.807) is 12.1 Å². The lowest BCUT2D eigenvalue weighted by Gasteiger charge is -2.34. The van der Waals surface area contributed by atoms with Crippen molar-refractivity contribution in [1.29, 1.82) is 0 Å². The van der Waals surface area contributed by atoms with E-state index >= 15 is 0 Å². The van der Waals surface area contributed by atoms with Gasteiger partial charge < -0.3 is 25.6 Å². The lowest BCUT2D eigenvalue weighted by Crippen LogP contribution is -2.53. The van der Waals surface area contributed by atoms with Gasteiger partial charge >= 0.3 is 12.0 Å². The van der Waals surface area contributed by atoms with Crippen LogP contribution in [0.4, 0.5) is 10.5 Å². The molecule has 2 heterocycles. The van der Waals surface area contributed by atoms with Gasteiger partial charge in [0, 0.05) is 35.2 Å². The van der Waals surface area contributed by atoms with Gasteiger partial charge in [-0.2, -0.15) is 0 Å². The number of carboxylic acid groups (broad SMARTS) is 1. The molecule has 166 valence electrons. The lowest BCUT2D eigenvalue weighted by atomic mass is 9.96. The first kappa shape index (κ1) is 22.0. The van der Waals surface area contributed by atoms with Crippen molar-refractivity contribution in [3.8, 4) is 0 Å². The summed E-state index contributed by atoms with van der Waals surface area (Å²) in [5, 5.41) is 15.9. The fourth-order valence-corrected chi connectivity index (χ4v) is 4.13. The van der Waals surface area contributed by atoms with Gasteiger partial charge in [0.2, 0.25) is 5.91 Å². The highest BCUT2D eigenvalue weighted by atomic mass is 35.5. The van der Waals surface area contributed by atoms with Gasteiger partial charge in [0.05, 0.1) is 23.0 Å². The zero-order valence-corrected chi connectivity index (χ0v) is 18.3. The molecule has 4 N–H and O–H groups in total. The number of amides is 3. The van der Waals surface area contributed by atoms with Crippen molar-refractivity contribution >= 4 is 57.7 Å². The Labute approximate surface area is 193 Å². The fourth-order valence-electron chi connectivity index (χ4n) is 3.84. The van der Waals surface area contributed by atoms with Crippen molar-refractivity contribution in [2.75, 3.05) is 11.9 Å². The minimum Gasteiger partial charge on any atom is -0.481 e. The summed E-state index contributed by atoms with van der Waals surface area (Å²) in [6, 6.07) is 11.2. The molecule has 0 bridgehead atoms. The van der Waals surface area contributed by atoms with E-state index in [2.05, 4.69) is 15.6 Å². The Morgan fingerprint density at radius 3 is 2.66 bits per heavy atom. The number of halogens is 2. The molecule has 0 saturated carbocycles. The molecule has 0 aliphatic carbocycles. The molecule has 1 aliphatic rings. The Morgan fingerprint density at radius 1 is 1.12 bits per heavy atom. The molecule has 10 heteroatoms. The minimum atomic E-state index is -1.01. The Bertz CT molecular complexity index is 1210. The number of anilines is 1. The maximum Gasteiger partial charge on any atom is 0.322 e. The van der Waals surface area contributed by atoms with Crippen LogP contribution in [0.15, 0.2) is 42.5 Å². The standard InChI is InChI=1S/C22H20Cl2N4O4/c23-15-6-5-12(9-16(15)24)26-22(32)28-11-18-14(13-3-1-2-4-17(13)27-18)10-19(28)21(31)25-8-7-20(29)30/h1-6,9,19,27H,7-8,10-11H2,(H,25,31)(H,26,32)(H,29,30)/t19-/m1/s1. The largest absolute Gasteiger partial charge is 0.481 e. The number of nitrogens with zero attached hydrogens (tertiary/aromatic N) is 1. The SMILES string of the molecule is O=C(O)CCNC(=O)[C@H]1Cc2c([nH]c3ccccc23)CN1C(=O)Nc1ccc(Cl)c(Cl)c1. The average molecular weight is 475 g/mol. The summed E-state index contributed by atoms with van der Waals surface area (Å²) in [5.41, 5.74) is 3.19. The molecule has 0 radical (unpaired) electrons. The smallest absolute Gasteiger partial charge is 0.322 e. The molecular weight excluding hydrogens is 455 g/mol. The van der Waals surface area contributed by atoms with E-state index < -0.39 is 23.9 Å². The first-order valence-electron chi connectivity index (χ1n) is 9.94. The Hall–Kier alpha value is -3.23. The molecule has 1 aromatic heterocycles. The summed E-state index contributed by atoms with van der Waals surface area (Å²) in [4.78, 5) is 41.6. The van der Waals surface area contributed by atoms with Crippen LogP contribution in [0.5, 0.6) is 0 Å². The molecule has 32 heavy (non-hydrogen) atoms. The van der Waals surface area contributed by atoms with Crippen molar-refractivity contribution in [2.45, 2.75) is 25.4 Å². The number of hydrogen-bond donors (Lipinski definition) is 4. The lowest BCUT2D eigenvalue weighted by molar-refractivity contribution is -0.137. The topological polar surface area (TPSA) is 115 Å². The van der Waals surface area contributed by atoms with Crippen molar-refractivity contribution in [3.05, 3.63) is 63.8 Å².